The summed E-state index contributed by atoms with van der Waals surface area (Å²) < 4.78 is 12.8. The Kier molecular flexibility index (Phi) is 5.01. The van der Waals surface area contributed by atoms with Gasteiger partial charge in [0.1, 0.15) is 5.82 Å². The third-order valence-electron chi connectivity index (χ3n) is 2.95. The molecule has 1 heterocycles. The van der Waals surface area contributed by atoms with Crippen molar-refractivity contribution in [2.24, 2.45) is 0 Å². The minimum absolute atomic E-state index is 0.222. The van der Waals surface area contributed by atoms with Crippen LogP contribution in [0.25, 0.3) is 0 Å². The fraction of sp³-hybridized carbons (Fsp3) is 0.333. The summed E-state index contributed by atoms with van der Waals surface area (Å²) >= 11 is 0. The molecule has 0 saturated carbocycles. The summed E-state index contributed by atoms with van der Waals surface area (Å²) in [6.45, 7) is 4.41. The van der Waals surface area contributed by atoms with Crippen LogP contribution in [0.1, 0.15) is 18.1 Å². The van der Waals surface area contributed by atoms with Gasteiger partial charge in [-0.25, -0.2) is 14.4 Å². The fourth-order valence-corrected chi connectivity index (χ4v) is 1.84. The average Bonchev–Trinajstić information content (AvgIpc) is 2.48. The fourth-order valence-electron chi connectivity index (χ4n) is 1.84. The largest absolute Gasteiger partial charge is 0.340 e. The van der Waals surface area contributed by atoms with E-state index in [1.54, 1.807) is 12.1 Å². The van der Waals surface area contributed by atoms with E-state index >= 15 is 0 Å². The Hall–Kier alpha value is -2.01. The van der Waals surface area contributed by atoms with Gasteiger partial charge >= 0.3 is 0 Å². The molecule has 0 saturated heterocycles. The third kappa shape index (κ3) is 3.99. The molecule has 0 unspecified atom stereocenters. The zero-order chi connectivity index (χ0) is 14.4. The highest BCUT2D eigenvalue weighted by Gasteiger charge is 2.05. The lowest BCUT2D eigenvalue weighted by Gasteiger charge is -2.17. The van der Waals surface area contributed by atoms with Crippen molar-refractivity contribution in [2.45, 2.75) is 20.0 Å². The second kappa shape index (κ2) is 6.96. The van der Waals surface area contributed by atoms with Crippen molar-refractivity contribution >= 4 is 5.95 Å². The summed E-state index contributed by atoms with van der Waals surface area (Å²) in [6.07, 6.45) is 3.65. The number of nitrogens with one attached hydrogen (secondary N) is 1. The first-order valence-electron chi connectivity index (χ1n) is 6.66. The molecule has 5 heteroatoms. The Balaban J connectivity index is 1.98. The molecule has 0 aliphatic heterocycles. The SMILES string of the molecule is CCNCc1cnc(N(C)Cc2ccc(F)cc2)nc1. The van der Waals surface area contributed by atoms with Crippen LogP contribution in [0.3, 0.4) is 0 Å². The lowest BCUT2D eigenvalue weighted by molar-refractivity contribution is 0.627. The number of halogens is 1. The van der Waals surface area contributed by atoms with Gasteiger partial charge < -0.3 is 10.2 Å². The molecule has 2 rings (SSSR count). The van der Waals surface area contributed by atoms with Crippen LogP contribution in [0, 0.1) is 5.82 Å². The van der Waals surface area contributed by atoms with Crippen LogP contribution in [0.2, 0.25) is 0 Å². The molecular weight excluding hydrogens is 255 g/mol. The maximum absolute atomic E-state index is 12.8. The molecule has 0 fully saturated rings. The molecule has 1 aromatic carbocycles. The van der Waals surface area contributed by atoms with Gasteiger partial charge in [0.2, 0.25) is 5.95 Å². The Bertz CT molecular complexity index is 525. The van der Waals surface area contributed by atoms with E-state index in [0.717, 1.165) is 24.2 Å². The number of rotatable bonds is 6. The summed E-state index contributed by atoms with van der Waals surface area (Å²) in [5.74, 6) is 0.440. The van der Waals surface area contributed by atoms with Gasteiger partial charge in [-0.05, 0) is 24.2 Å². The van der Waals surface area contributed by atoms with E-state index in [1.807, 2.05) is 24.3 Å². The monoisotopic (exact) mass is 274 g/mol. The van der Waals surface area contributed by atoms with Crippen LogP contribution in [-0.2, 0) is 13.1 Å². The summed E-state index contributed by atoms with van der Waals surface area (Å²) in [6, 6.07) is 6.46. The van der Waals surface area contributed by atoms with E-state index in [4.69, 9.17) is 0 Å². The molecule has 0 amide bonds. The maximum Gasteiger partial charge on any atom is 0.225 e. The molecule has 2 aromatic rings. The van der Waals surface area contributed by atoms with Crippen molar-refractivity contribution < 1.29 is 4.39 Å². The van der Waals surface area contributed by atoms with Crippen molar-refractivity contribution in [1.29, 1.82) is 0 Å². The van der Waals surface area contributed by atoms with Crippen LogP contribution >= 0.6 is 0 Å². The van der Waals surface area contributed by atoms with Crippen molar-refractivity contribution in [3.05, 3.63) is 53.6 Å². The number of nitrogens with zero attached hydrogens (tertiary/aromatic N) is 3. The molecule has 106 valence electrons. The standard InChI is InChI=1S/C15H19FN4/c1-3-17-8-13-9-18-15(19-10-13)20(2)11-12-4-6-14(16)7-5-12/h4-7,9-10,17H,3,8,11H2,1-2H3. The normalized spacial score (nSPS) is 10.6. The minimum atomic E-state index is -0.222. The van der Waals surface area contributed by atoms with E-state index in [2.05, 4.69) is 22.2 Å². The number of hydrogen-bond donors (Lipinski definition) is 1. The number of benzene rings is 1. The lowest BCUT2D eigenvalue weighted by atomic mass is 10.2. The summed E-state index contributed by atoms with van der Waals surface area (Å²) in [4.78, 5) is 10.6. The molecule has 1 aromatic heterocycles. The molecule has 0 aliphatic rings. The van der Waals surface area contributed by atoms with Crippen LogP contribution in [0.15, 0.2) is 36.7 Å². The van der Waals surface area contributed by atoms with Gasteiger partial charge in [0, 0.05) is 38.1 Å². The topological polar surface area (TPSA) is 41.1 Å². The number of aromatic nitrogens is 2. The molecule has 20 heavy (non-hydrogen) atoms. The van der Waals surface area contributed by atoms with E-state index in [1.165, 1.54) is 12.1 Å². The van der Waals surface area contributed by atoms with Crippen LogP contribution in [-0.4, -0.2) is 23.6 Å². The zero-order valence-electron chi connectivity index (χ0n) is 11.8. The first kappa shape index (κ1) is 14.4. The molecule has 0 radical (unpaired) electrons. The highest BCUT2D eigenvalue weighted by Crippen LogP contribution is 2.11. The van der Waals surface area contributed by atoms with Gasteiger partial charge in [-0.2, -0.15) is 0 Å². The van der Waals surface area contributed by atoms with Crippen molar-refractivity contribution in [1.82, 2.24) is 15.3 Å². The van der Waals surface area contributed by atoms with Gasteiger partial charge in [-0.3, -0.25) is 0 Å². The van der Waals surface area contributed by atoms with Gasteiger partial charge in [-0.15, -0.1) is 0 Å². The molecule has 4 nitrogen and oxygen atoms in total. The summed E-state index contributed by atoms with van der Waals surface area (Å²) in [7, 11) is 1.92. The minimum Gasteiger partial charge on any atom is -0.340 e. The van der Waals surface area contributed by atoms with E-state index in [9.17, 15) is 4.39 Å². The summed E-state index contributed by atoms with van der Waals surface area (Å²) in [5.41, 5.74) is 2.08. The average molecular weight is 274 g/mol. The van der Waals surface area contributed by atoms with Crippen LogP contribution in [0.4, 0.5) is 10.3 Å². The zero-order valence-corrected chi connectivity index (χ0v) is 11.8. The van der Waals surface area contributed by atoms with Crippen LogP contribution < -0.4 is 10.2 Å². The van der Waals surface area contributed by atoms with Crippen LogP contribution in [0.5, 0.6) is 0 Å². The Morgan fingerprint density at radius 2 is 1.75 bits per heavy atom. The van der Waals surface area contributed by atoms with Crippen molar-refractivity contribution in [2.75, 3.05) is 18.5 Å². The molecule has 0 bridgehead atoms. The second-order valence-electron chi connectivity index (χ2n) is 4.65. The van der Waals surface area contributed by atoms with Gasteiger partial charge in [-0.1, -0.05) is 19.1 Å². The second-order valence-corrected chi connectivity index (χ2v) is 4.65. The van der Waals surface area contributed by atoms with Crippen molar-refractivity contribution in [3.8, 4) is 0 Å². The third-order valence-corrected chi connectivity index (χ3v) is 2.95. The molecule has 1 N–H and O–H groups in total. The van der Waals surface area contributed by atoms with Gasteiger partial charge in [0.25, 0.3) is 0 Å². The predicted molar refractivity (Wildman–Crippen MR) is 77.9 cm³/mol. The predicted octanol–water partition coefficient (Wildman–Crippen LogP) is 2.36. The maximum atomic E-state index is 12.8. The highest BCUT2D eigenvalue weighted by atomic mass is 19.1. The molecule has 0 spiro atoms. The number of anilines is 1. The Morgan fingerprint density at radius 1 is 1.10 bits per heavy atom. The van der Waals surface area contributed by atoms with Crippen molar-refractivity contribution in [3.63, 3.8) is 0 Å². The first-order chi connectivity index (χ1) is 9.69. The quantitative estimate of drug-likeness (QED) is 0.878. The molecule has 0 aliphatic carbocycles. The lowest BCUT2D eigenvalue weighted by Crippen LogP contribution is -2.19. The van der Waals surface area contributed by atoms with Gasteiger partial charge in [0.05, 0.1) is 0 Å². The van der Waals surface area contributed by atoms with E-state index < -0.39 is 0 Å². The molecule has 0 atom stereocenters. The molecular formula is C15H19FN4. The smallest absolute Gasteiger partial charge is 0.225 e. The van der Waals surface area contributed by atoms with E-state index in [0.29, 0.717) is 12.5 Å². The van der Waals surface area contributed by atoms with E-state index in [-0.39, 0.29) is 5.82 Å². The van der Waals surface area contributed by atoms with Gasteiger partial charge in [0.15, 0.2) is 0 Å². The first-order valence-corrected chi connectivity index (χ1v) is 6.66. The Labute approximate surface area is 118 Å². The Morgan fingerprint density at radius 3 is 2.35 bits per heavy atom. The highest BCUT2D eigenvalue weighted by molar-refractivity contribution is 5.31. The number of hydrogen-bond acceptors (Lipinski definition) is 4. The summed E-state index contributed by atoms with van der Waals surface area (Å²) in [5, 5.41) is 3.23.